The average Bonchev–Trinajstić information content (AvgIpc) is 1.47. The summed E-state index contributed by atoms with van der Waals surface area (Å²) in [6.45, 7) is 9.53. The Balaban J connectivity index is 5.14. The van der Waals surface area contributed by atoms with Gasteiger partial charge in [0.15, 0.2) is 12.2 Å². The number of phosphoric ester groups is 2. The first-order valence-corrected chi connectivity index (χ1v) is 42.5. The van der Waals surface area contributed by atoms with Crippen molar-refractivity contribution in [3.63, 3.8) is 0 Å². The number of hydrogen-bond donors (Lipinski definition) is 3. The van der Waals surface area contributed by atoms with Crippen molar-refractivity contribution in [3.8, 4) is 0 Å². The van der Waals surface area contributed by atoms with E-state index in [4.69, 9.17) is 37.0 Å². The summed E-state index contributed by atoms with van der Waals surface area (Å²) in [7, 11) is -9.90. The van der Waals surface area contributed by atoms with Crippen molar-refractivity contribution in [2.75, 3.05) is 39.6 Å². The van der Waals surface area contributed by atoms with Gasteiger partial charge in [-0.2, -0.15) is 0 Å². The van der Waals surface area contributed by atoms with Crippen LogP contribution in [-0.4, -0.2) is 96.7 Å². The quantitative estimate of drug-likeness (QED) is 0.0222. The lowest BCUT2D eigenvalue weighted by atomic mass is 10.0. The van der Waals surface area contributed by atoms with Crippen LogP contribution in [0.15, 0.2) is 0 Å². The molecule has 0 aromatic rings. The molecule has 2 unspecified atom stereocenters. The molecular formula is C76H148O17P2. The highest BCUT2D eigenvalue weighted by Crippen LogP contribution is 2.45. The van der Waals surface area contributed by atoms with Crippen molar-refractivity contribution in [1.82, 2.24) is 0 Å². The Morgan fingerprint density at radius 3 is 0.716 bits per heavy atom. The first-order valence-electron chi connectivity index (χ1n) is 39.5. The van der Waals surface area contributed by atoms with Crippen LogP contribution in [0.5, 0.6) is 0 Å². The standard InChI is InChI=1S/C76H148O17P2/c1-7-9-11-13-14-15-16-17-18-19-20-24-27-30-36-41-47-53-59-74(79)87-65-72(93-76(81)60-54-48-42-37-31-28-25-22-21-23-26-29-34-39-45-50-56-68(3)4)67-91-95(84,85)89-63-70(77)62-88-94(82,83)90-66-71(64-86-73(78)58-52-44-12-10-8-2)92-75(80)61-55-49-43-38-33-32-35-40-46-51-57-69(5)6/h68-72,77H,7-67H2,1-6H3,(H,82,83)(H,84,85)/t70-,71+,72+/m0/s1. The van der Waals surface area contributed by atoms with Crippen molar-refractivity contribution in [2.24, 2.45) is 11.8 Å². The Labute approximate surface area is 581 Å². The van der Waals surface area contributed by atoms with E-state index >= 15 is 0 Å². The Hall–Kier alpha value is -1.94. The van der Waals surface area contributed by atoms with Gasteiger partial charge in [-0.1, -0.05) is 343 Å². The summed E-state index contributed by atoms with van der Waals surface area (Å²) in [6.07, 6.45) is 56.0. The molecule has 5 atom stereocenters. The molecule has 0 aliphatic rings. The summed E-state index contributed by atoms with van der Waals surface area (Å²) in [5.41, 5.74) is 0. The monoisotopic (exact) mass is 1400 g/mol. The topological polar surface area (TPSA) is 237 Å². The van der Waals surface area contributed by atoms with E-state index in [2.05, 4.69) is 41.5 Å². The summed E-state index contributed by atoms with van der Waals surface area (Å²) in [4.78, 5) is 72.5. The predicted molar refractivity (Wildman–Crippen MR) is 386 cm³/mol. The number of aliphatic hydroxyl groups excluding tert-OH is 1. The van der Waals surface area contributed by atoms with E-state index in [1.54, 1.807) is 0 Å². The van der Waals surface area contributed by atoms with E-state index in [0.717, 1.165) is 108 Å². The molecule has 17 nitrogen and oxygen atoms in total. The minimum absolute atomic E-state index is 0.105. The number of carbonyl (C=O) groups is 4. The molecule has 0 aliphatic heterocycles. The fourth-order valence-electron chi connectivity index (χ4n) is 11.7. The summed E-state index contributed by atoms with van der Waals surface area (Å²) < 4.78 is 68.3. The Morgan fingerprint density at radius 1 is 0.284 bits per heavy atom. The SMILES string of the molecule is CCCCCCCCCCCCCCCCCCCCC(=O)OC[C@H](COP(=O)(O)OC[C@@H](O)COP(=O)(O)OC[C@@H](COC(=O)CCCCCCC)OC(=O)CCCCCCCCCCCCC(C)C)OC(=O)CCCCCCCCCCCCCCCCCCC(C)C. The largest absolute Gasteiger partial charge is 0.472 e. The smallest absolute Gasteiger partial charge is 0.462 e. The van der Waals surface area contributed by atoms with Crippen molar-refractivity contribution in [1.29, 1.82) is 0 Å². The lowest BCUT2D eigenvalue weighted by molar-refractivity contribution is -0.161. The molecule has 3 N–H and O–H groups in total. The molecule has 0 aromatic carbocycles. The third-order valence-corrected chi connectivity index (χ3v) is 19.6. The normalized spacial score (nSPS) is 14.0. The van der Waals surface area contributed by atoms with Gasteiger partial charge in [0.1, 0.15) is 19.3 Å². The molecule has 0 bridgehead atoms. The zero-order valence-electron chi connectivity index (χ0n) is 62.0. The fourth-order valence-corrected chi connectivity index (χ4v) is 13.2. The van der Waals surface area contributed by atoms with Crippen LogP contribution in [-0.2, 0) is 65.4 Å². The zero-order valence-corrected chi connectivity index (χ0v) is 63.8. The van der Waals surface area contributed by atoms with Crippen LogP contribution in [0.4, 0.5) is 0 Å². The number of hydrogen-bond acceptors (Lipinski definition) is 15. The number of aliphatic hydroxyl groups is 1. The molecule has 564 valence electrons. The molecular weight excluding hydrogens is 1250 g/mol. The maximum absolute atomic E-state index is 13.1. The lowest BCUT2D eigenvalue weighted by Crippen LogP contribution is -2.30. The Bertz CT molecular complexity index is 1840. The van der Waals surface area contributed by atoms with Gasteiger partial charge in [0, 0.05) is 25.7 Å². The molecule has 0 radical (unpaired) electrons. The minimum Gasteiger partial charge on any atom is -0.462 e. The molecule has 0 saturated heterocycles. The first kappa shape index (κ1) is 93.1. The zero-order chi connectivity index (χ0) is 70.0. The van der Waals surface area contributed by atoms with Crippen LogP contribution in [0.25, 0.3) is 0 Å². The Morgan fingerprint density at radius 2 is 0.484 bits per heavy atom. The number of carbonyl (C=O) groups excluding carboxylic acids is 4. The van der Waals surface area contributed by atoms with Crippen LogP contribution in [0.2, 0.25) is 0 Å². The molecule has 0 spiro atoms. The van der Waals surface area contributed by atoms with Gasteiger partial charge in [-0.3, -0.25) is 37.3 Å². The fraction of sp³-hybridized carbons (Fsp3) is 0.947. The van der Waals surface area contributed by atoms with Crippen molar-refractivity contribution < 1.29 is 80.2 Å². The molecule has 0 aliphatic carbocycles. The van der Waals surface area contributed by atoms with E-state index in [1.165, 1.54) is 205 Å². The third kappa shape index (κ3) is 70.3. The van der Waals surface area contributed by atoms with Gasteiger partial charge in [-0.25, -0.2) is 9.13 Å². The highest BCUT2D eigenvalue weighted by atomic mass is 31.2. The second-order valence-corrected chi connectivity index (χ2v) is 31.3. The lowest BCUT2D eigenvalue weighted by Gasteiger charge is -2.21. The Kier molecular flexibility index (Phi) is 66.5. The summed E-state index contributed by atoms with van der Waals surface area (Å²) in [6, 6.07) is 0. The minimum atomic E-state index is -4.96. The number of rotatable bonds is 75. The van der Waals surface area contributed by atoms with Gasteiger partial charge in [0.05, 0.1) is 26.4 Å². The van der Waals surface area contributed by atoms with E-state index in [-0.39, 0.29) is 25.7 Å². The molecule has 0 amide bonds. The first-order chi connectivity index (χ1) is 45.9. The average molecular weight is 1400 g/mol. The maximum Gasteiger partial charge on any atom is 0.472 e. The van der Waals surface area contributed by atoms with Crippen molar-refractivity contribution in [2.45, 2.75) is 413 Å². The van der Waals surface area contributed by atoms with Gasteiger partial charge in [-0.15, -0.1) is 0 Å². The van der Waals surface area contributed by atoms with Crippen LogP contribution < -0.4 is 0 Å². The second-order valence-electron chi connectivity index (χ2n) is 28.3. The molecule has 0 saturated carbocycles. The third-order valence-electron chi connectivity index (χ3n) is 17.7. The van der Waals surface area contributed by atoms with E-state index < -0.39 is 97.5 Å². The summed E-state index contributed by atoms with van der Waals surface area (Å²) in [5.74, 6) is -0.565. The van der Waals surface area contributed by atoms with Gasteiger partial charge in [-0.05, 0) is 37.5 Å². The van der Waals surface area contributed by atoms with Crippen LogP contribution in [0.3, 0.4) is 0 Å². The van der Waals surface area contributed by atoms with E-state index in [1.807, 2.05) is 0 Å². The summed E-state index contributed by atoms with van der Waals surface area (Å²) in [5, 5.41) is 10.6. The molecule has 0 heterocycles. The maximum atomic E-state index is 13.1. The molecule has 0 rings (SSSR count). The molecule has 95 heavy (non-hydrogen) atoms. The number of ether oxygens (including phenoxy) is 4. The van der Waals surface area contributed by atoms with E-state index in [9.17, 15) is 43.2 Å². The van der Waals surface area contributed by atoms with Crippen molar-refractivity contribution >= 4 is 39.5 Å². The van der Waals surface area contributed by atoms with Crippen LogP contribution in [0, 0.1) is 11.8 Å². The number of phosphoric acid groups is 2. The number of unbranched alkanes of at least 4 members (excludes halogenated alkanes) is 45. The summed E-state index contributed by atoms with van der Waals surface area (Å²) >= 11 is 0. The van der Waals surface area contributed by atoms with Gasteiger partial charge in [0.25, 0.3) is 0 Å². The van der Waals surface area contributed by atoms with Crippen molar-refractivity contribution in [3.05, 3.63) is 0 Å². The number of esters is 4. The van der Waals surface area contributed by atoms with Gasteiger partial charge >= 0.3 is 39.5 Å². The molecule has 0 aromatic heterocycles. The van der Waals surface area contributed by atoms with E-state index in [0.29, 0.717) is 25.7 Å². The molecule has 19 heteroatoms. The van der Waals surface area contributed by atoms with Gasteiger partial charge in [0.2, 0.25) is 0 Å². The second kappa shape index (κ2) is 67.9. The molecule has 0 fully saturated rings. The van der Waals surface area contributed by atoms with Crippen LogP contribution in [0.1, 0.15) is 395 Å². The predicted octanol–water partition coefficient (Wildman–Crippen LogP) is 22.3. The highest BCUT2D eigenvalue weighted by molar-refractivity contribution is 7.47. The van der Waals surface area contributed by atoms with Gasteiger partial charge < -0.3 is 33.8 Å². The van der Waals surface area contributed by atoms with Crippen LogP contribution >= 0.6 is 15.6 Å². The highest BCUT2D eigenvalue weighted by Gasteiger charge is 2.30.